The molecule has 0 spiro atoms. The molecule has 24 heavy (non-hydrogen) atoms. The zero-order valence-electron chi connectivity index (χ0n) is 13.7. The Morgan fingerprint density at radius 3 is 2.46 bits per heavy atom. The SMILES string of the molecule is COc1ccc(Cl)cc1N1CCN(C(=O)Cc2ccccc2)CC1. The second-order valence-corrected chi connectivity index (χ2v) is 6.28. The van der Waals surface area contributed by atoms with E-state index in [0.29, 0.717) is 24.5 Å². The minimum absolute atomic E-state index is 0.180. The van der Waals surface area contributed by atoms with Crippen molar-refractivity contribution in [3.63, 3.8) is 0 Å². The van der Waals surface area contributed by atoms with E-state index in [1.807, 2.05) is 53.4 Å². The lowest BCUT2D eigenvalue weighted by Gasteiger charge is -2.36. The van der Waals surface area contributed by atoms with Crippen LogP contribution in [0.2, 0.25) is 5.02 Å². The summed E-state index contributed by atoms with van der Waals surface area (Å²) in [5, 5.41) is 0.688. The van der Waals surface area contributed by atoms with Gasteiger partial charge < -0.3 is 14.5 Å². The van der Waals surface area contributed by atoms with Gasteiger partial charge >= 0.3 is 0 Å². The second kappa shape index (κ2) is 7.58. The summed E-state index contributed by atoms with van der Waals surface area (Å²) in [4.78, 5) is 16.6. The molecule has 2 aromatic carbocycles. The van der Waals surface area contributed by atoms with Crippen LogP contribution >= 0.6 is 11.6 Å². The lowest BCUT2D eigenvalue weighted by Crippen LogP contribution is -2.49. The molecule has 1 saturated heterocycles. The zero-order chi connectivity index (χ0) is 16.9. The molecule has 0 unspecified atom stereocenters. The van der Waals surface area contributed by atoms with Crippen molar-refractivity contribution in [1.82, 2.24) is 4.90 Å². The first-order valence-electron chi connectivity index (χ1n) is 8.07. The van der Waals surface area contributed by atoms with Crippen molar-refractivity contribution in [2.45, 2.75) is 6.42 Å². The maximum atomic E-state index is 12.4. The number of carbonyl (C=O) groups excluding carboxylic acids is 1. The molecule has 126 valence electrons. The number of carbonyl (C=O) groups is 1. The van der Waals surface area contributed by atoms with Gasteiger partial charge in [-0.1, -0.05) is 41.9 Å². The summed E-state index contributed by atoms with van der Waals surface area (Å²) in [6.07, 6.45) is 0.460. The first-order valence-corrected chi connectivity index (χ1v) is 8.45. The number of ether oxygens (including phenoxy) is 1. The standard InChI is InChI=1S/C19H21ClN2O2/c1-24-18-8-7-16(20)14-17(18)21-9-11-22(12-10-21)19(23)13-15-5-3-2-4-6-15/h2-8,14H,9-13H2,1H3. The summed E-state index contributed by atoms with van der Waals surface area (Å²) in [5.74, 6) is 0.988. The minimum Gasteiger partial charge on any atom is -0.495 e. The molecule has 0 aliphatic carbocycles. The maximum Gasteiger partial charge on any atom is 0.227 e. The van der Waals surface area contributed by atoms with Gasteiger partial charge in [-0.3, -0.25) is 4.79 Å². The minimum atomic E-state index is 0.180. The van der Waals surface area contributed by atoms with Crippen LogP contribution < -0.4 is 9.64 Å². The molecule has 1 heterocycles. The Kier molecular flexibility index (Phi) is 5.26. The lowest BCUT2D eigenvalue weighted by molar-refractivity contribution is -0.130. The lowest BCUT2D eigenvalue weighted by atomic mass is 10.1. The van der Waals surface area contributed by atoms with E-state index in [4.69, 9.17) is 16.3 Å². The largest absolute Gasteiger partial charge is 0.495 e. The van der Waals surface area contributed by atoms with Crippen LogP contribution in [0.5, 0.6) is 5.75 Å². The van der Waals surface area contributed by atoms with E-state index in [-0.39, 0.29) is 5.91 Å². The van der Waals surface area contributed by atoms with E-state index in [0.717, 1.165) is 30.1 Å². The molecule has 0 N–H and O–H groups in total. The molecule has 0 atom stereocenters. The zero-order valence-corrected chi connectivity index (χ0v) is 14.5. The van der Waals surface area contributed by atoms with Gasteiger partial charge in [-0.2, -0.15) is 0 Å². The first kappa shape index (κ1) is 16.7. The molecule has 0 bridgehead atoms. The fourth-order valence-corrected chi connectivity index (χ4v) is 3.16. The molecule has 1 aliphatic heterocycles. The van der Waals surface area contributed by atoms with Gasteiger partial charge in [0.05, 0.1) is 19.2 Å². The molecular weight excluding hydrogens is 324 g/mol. The van der Waals surface area contributed by atoms with Gasteiger partial charge in [0.1, 0.15) is 5.75 Å². The van der Waals surface area contributed by atoms with Gasteiger partial charge in [0.2, 0.25) is 5.91 Å². The van der Waals surface area contributed by atoms with E-state index in [2.05, 4.69) is 4.90 Å². The Bertz CT molecular complexity index is 698. The molecule has 0 radical (unpaired) electrons. The number of halogens is 1. The number of rotatable bonds is 4. The molecule has 0 saturated carbocycles. The number of methoxy groups -OCH3 is 1. The van der Waals surface area contributed by atoms with Crippen molar-refractivity contribution in [2.75, 3.05) is 38.2 Å². The summed E-state index contributed by atoms with van der Waals surface area (Å²) in [5.41, 5.74) is 2.04. The van der Waals surface area contributed by atoms with E-state index < -0.39 is 0 Å². The van der Waals surface area contributed by atoms with Gasteiger partial charge in [-0.05, 0) is 23.8 Å². The third-order valence-corrected chi connectivity index (χ3v) is 4.55. The summed E-state index contributed by atoms with van der Waals surface area (Å²) in [6.45, 7) is 2.97. The van der Waals surface area contributed by atoms with E-state index in [9.17, 15) is 4.79 Å². The van der Waals surface area contributed by atoms with Crippen molar-refractivity contribution < 1.29 is 9.53 Å². The van der Waals surface area contributed by atoms with Crippen molar-refractivity contribution >= 4 is 23.2 Å². The topological polar surface area (TPSA) is 32.8 Å². The number of nitrogens with zero attached hydrogens (tertiary/aromatic N) is 2. The molecule has 5 heteroatoms. The molecule has 0 aromatic heterocycles. The summed E-state index contributed by atoms with van der Waals surface area (Å²) >= 11 is 6.12. The first-order chi connectivity index (χ1) is 11.7. The second-order valence-electron chi connectivity index (χ2n) is 5.85. The Labute approximate surface area is 147 Å². The fraction of sp³-hybridized carbons (Fsp3) is 0.316. The van der Waals surface area contributed by atoms with Crippen molar-refractivity contribution in [3.8, 4) is 5.75 Å². The van der Waals surface area contributed by atoms with Crippen LogP contribution in [0, 0.1) is 0 Å². The van der Waals surface area contributed by atoms with Crippen LogP contribution in [0.4, 0.5) is 5.69 Å². The van der Waals surface area contributed by atoms with E-state index >= 15 is 0 Å². The highest BCUT2D eigenvalue weighted by Crippen LogP contribution is 2.31. The molecular formula is C19H21ClN2O2. The Morgan fingerprint density at radius 1 is 1.08 bits per heavy atom. The normalized spacial score (nSPS) is 14.6. The third kappa shape index (κ3) is 3.82. The van der Waals surface area contributed by atoms with Gasteiger partial charge in [-0.25, -0.2) is 0 Å². The van der Waals surface area contributed by atoms with Gasteiger partial charge in [0.15, 0.2) is 0 Å². The molecule has 1 amide bonds. The highest BCUT2D eigenvalue weighted by Gasteiger charge is 2.23. The number of anilines is 1. The smallest absolute Gasteiger partial charge is 0.227 e. The number of benzene rings is 2. The van der Waals surface area contributed by atoms with Crippen LogP contribution in [0.1, 0.15) is 5.56 Å². The van der Waals surface area contributed by atoms with E-state index in [1.165, 1.54) is 0 Å². The van der Waals surface area contributed by atoms with Crippen LogP contribution in [0.25, 0.3) is 0 Å². The summed E-state index contributed by atoms with van der Waals surface area (Å²) < 4.78 is 5.43. The van der Waals surface area contributed by atoms with Gasteiger partial charge in [-0.15, -0.1) is 0 Å². The van der Waals surface area contributed by atoms with Gasteiger partial charge in [0, 0.05) is 31.2 Å². The predicted octanol–water partition coefficient (Wildman–Crippen LogP) is 3.24. The molecule has 2 aromatic rings. The number of amides is 1. The Balaban J connectivity index is 1.62. The molecule has 3 rings (SSSR count). The Hall–Kier alpha value is -2.20. The van der Waals surface area contributed by atoms with Crippen LogP contribution in [-0.2, 0) is 11.2 Å². The van der Waals surface area contributed by atoms with Gasteiger partial charge in [0.25, 0.3) is 0 Å². The molecule has 4 nitrogen and oxygen atoms in total. The van der Waals surface area contributed by atoms with Crippen molar-refractivity contribution in [1.29, 1.82) is 0 Å². The van der Waals surface area contributed by atoms with Crippen molar-refractivity contribution in [3.05, 3.63) is 59.1 Å². The number of hydrogen-bond acceptors (Lipinski definition) is 3. The average Bonchev–Trinajstić information content (AvgIpc) is 2.62. The summed E-state index contributed by atoms with van der Waals surface area (Å²) in [7, 11) is 1.66. The van der Waals surface area contributed by atoms with E-state index in [1.54, 1.807) is 7.11 Å². The average molecular weight is 345 g/mol. The van der Waals surface area contributed by atoms with Crippen LogP contribution in [0.15, 0.2) is 48.5 Å². The highest BCUT2D eigenvalue weighted by molar-refractivity contribution is 6.30. The third-order valence-electron chi connectivity index (χ3n) is 4.31. The maximum absolute atomic E-state index is 12.4. The highest BCUT2D eigenvalue weighted by atomic mass is 35.5. The van der Waals surface area contributed by atoms with Crippen LogP contribution in [-0.4, -0.2) is 44.1 Å². The quantitative estimate of drug-likeness (QED) is 0.853. The number of hydrogen-bond donors (Lipinski definition) is 0. The predicted molar refractivity (Wildman–Crippen MR) is 96.9 cm³/mol. The number of piperazine rings is 1. The molecule has 1 aliphatic rings. The molecule has 1 fully saturated rings. The Morgan fingerprint density at radius 2 is 1.79 bits per heavy atom. The monoisotopic (exact) mass is 344 g/mol. The van der Waals surface area contributed by atoms with Crippen molar-refractivity contribution in [2.24, 2.45) is 0 Å². The fourth-order valence-electron chi connectivity index (χ4n) is 2.99. The summed E-state index contributed by atoms with van der Waals surface area (Å²) in [6, 6.07) is 15.5. The van der Waals surface area contributed by atoms with Crippen LogP contribution in [0.3, 0.4) is 0 Å².